The number of anilines is 2. The number of benzene rings is 1. The van der Waals surface area contributed by atoms with Crippen LogP contribution in [0, 0.1) is 5.41 Å². The van der Waals surface area contributed by atoms with E-state index in [0.717, 1.165) is 30.8 Å². The molecule has 106 valence electrons. The highest BCUT2D eigenvalue weighted by molar-refractivity contribution is 5.89. The van der Waals surface area contributed by atoms with Crippen molar-refractivity contribution in [2.24, 2.45) is 5.41 Å². The molecule has 1 amide bonds. The fraction of sp³-hybridized carbons (Fsp3) is 0.533. The maximum Gasteiger partial charge on any atom is 0.221 e. The van der Waals surface area contributed by atoms with E-state index in [1.807, 2.05) is 24.3 Å². The lowest BCUT2D eigenvalue weighted by Gasteiger charge is -2.30. The monoisotopic (exact) mass is 264 g/mol. The van der Waals surface area contributed by atoms with E-state index in [0.29, 0.717) is 0 Å². The first-order valence-electron chi connectivity index (χ1n) is 6.77. The molecule has 0 fully saturated rings. The molecular formula is C15H24N2O2. The first kappa shape index (κ1) is 15.5. The second-order valence-corrected chi connectivity index (χ2v) is 4.98. The topological polar surface area (TPSA) is 61.4 Å². The van der Waals surface area contributed by atoms with Crippen LogP contribution in [0.3, 0.4) is 0 Å². The zero-order valence-electron chi connectivity index (χ0n) is 12.0. The molecule has 19 heavy (non-hydrogen) atoms. The molecule has 0 aliphatic rings. The molecule has 0 heterocycles. The summed E-state index contributed by atoms with van der Waals surface area (Å²) < 4.78 is 0. The number of carbonyl (C=O) groups is 1. The SMILES string of the molecule is CCC(CC)(CO)CNc1cccc(NC(C)=O)c1. The Morgan fingerprint density at radius 1 is 1.26 bits per heavy atom. The molecular weight excluding hydrogens is 240 g/mol. The Morgan fingerprint density at radius 2 is 1.89 bits per heavy atom. The van der Waals surface area contributed by atoms with Crippen molar-refractivity contribution in [1.82, 2.24) is 0 Å². The van der Waals surface area contributed by atoms with Crippen LogP contribution in [0.5, 0.6) is 0 Å². The average Bonchev–Trinajstić information content (AvgIpc) is 2.41. The maximum absolute atomic E-state index is 11.0. The van der Waals surface area contributed by atoms with Gasteiger partial charge in [-0.15, -0.1) is 0 Å². The van der Waals surface area contributed by atoms with Crippen LogP contribution < -0.4 is 10.6 Å². The number of hydrogen-bond acceptors (Lipinski definition) is 3. The zero-order valence-corrected chi connectivity index (χ0v) is 12.0. The number of nitrogens with one attached hydrogen (secondary N) is 2. The molecule has 0 bridgehead atoms. The molecule has 1 rings (SSSR count). The molecule has 0 aliphatic carbocycles. The van der Waals surface area contributed by atoms with Gasteiger partial charge in [-0.05, 0) is 31.0 Å². The summed E-state index contributed by atoms with van der Waals surface area (Å²) in [5.74, 6) is -0.0797. The summed E-state index contributed by atoms with van der Waals surface area (Å²) in [5.41, 5.74) is 1.65. The number of hydrogen-bond donors (Lipinski definition) is 3. The Bertz CT molecular complexity index is 406. The molecule has 3 N–H and O–H groups in total. The van der Waals surface area contributed by atoms with E-state index in [-0.39, 0.29) is 17.9 Å². The summed E-state index contributed by atoms with van der Waals surface area (Å²) >= 11 is 0. The van der Waals surface area contributed by atoms with Gasteiger partial charge in [0.15, 0.2) is 0 Å². The molecule has 4 heteroatoms. The molecule has 0 aromatic heterocycles. The lowest BCUT2D eigenvalue weighted by atomic mass is 9.83. The van der Waals surface area contributed by atoms with Crippen molar-refractivity contribution >= 4 is 17.3 Å². The molecule has 4 nitrogen and oxygen atoms in total. The van der Waals surface area contributed by atoms with Crippen molar-refractivity contribution in [3.8, 4) is 0 Å². The predicted molar refractivity (Wildman–Crippen MR) is 79.3 cm³/mol. The Kier molecular flexibility index (Phi) is 5.83. The summed E-state index contributed by atoms with van der Waals surface area (Å²) in [7, 11) is 0. The van der Waals surface area contributed by atoms with Gasteiger partial charge < -0.3 is 15.7 Å². The summed E-state index contributed by atoms with van der Waals surface area (Å²) in [4.78, 5) is 11.0. The Hall–Kier alpha value is -1.55. The van der Waals surface area contributed by atoms with E-state index in [1.165, 1.54) is 6.92 Å². The Balaban J connectivity index is 2.69. The van der Waals surface area contributed by atoms with Crippen molar-refractivity contribution in [1.29, 1.82) is 0 Å². The molecule has 0 saturated heterocycles. The van der Waals surface area contributed by atoms with Crippen LogP contribution in [0.4, 0.5) is 11.4 Å². The number of aliphatic hydroxyl groups excluding tert-OH is 1. The molecule has 0 spiro atoms. The third kappa shape index (κ3) is 4.56. The predicted octanol–water partition coefficient (Wildman–Crippen LogP) is 2.86. The van der Waals surface area contributed by atoms with Gasteiger partial charge in [0.25, 0.3) is 0 Å². The van der Waals surface area contributed by atoms with Gasteiger partial charge in [0.1, 0.15) is 0 Å². The highest BCUT2D eigenvalue weighted by atomic mass is 16.3. The van der Waals surface area contributed by atoms with E-state index >= 15 is 0 Å². The van der Waals surface area contributed by atoms with Crippen molar-refractivity contribution < 1.29 is 9.90 Å². The van der Waals surface area contributed by atoms with Crippen molar-refractivity contribution in [3.63, 3.8) is 0 Å². The zero-order chi connectivity index (χ0) is 14.3. The second-order valence-electron chi connectivity index (χ2n) is 4.98. The minimum absolute atomic E-state index is 0.0794. The Labute approximate surface area is 115 Å². The summed E-state index contributed by atoms with van der Waals surface area (Å²) in [6.45, 7) is 6.58. The second kappa shape index (κ2) is 7.14. The van der Waals surface area contributed by atoms with Gasteiger partial charge >= 0.3 is 0 Å². The lowest BCUT2D eigenvalue weighted by molar-refractivity contribution is -0.114. The van der Waals surface area contributed by atoms with Crippen LogP contribution in [0.1, 0.15) is 33.6 Å². The van der Waals surface area contributed by atoms with Crippen molar-refractivity contribution in [3.05, 3.63) is 24.3 Å². The molecule has 0 aliphatic heterocycles. The van der Waals surface area contributed by atoms with Gasteiger partial charge in [-0.2, -0.15) is 0 Å². The molecule has 0 atom stereocenters. The van der Waals surface area contributed by atoms with Gasteiger partial charge in [0.05, 0.1) is 6.61 Å². The van der Waals surface area contributed by atoms with Crippen LogP contribution in [-0.2, 0) is 4.79 Å². The van der Waals surface area contributed by atoms with Crippen LogP contribution in [0.25, 0.3) is 0 Å². The van der Waals surface area contributed by atoms with Gasteiger partial charge in [0, 0.05) is 30.3 Å². The fourth-order valence-electron chi connectivity index (χ4n) is 1.98. The van der Waals surface area contributed by atoms with Gasteiger partial charge in [-0.1, -0.05) is 19.9 Å². The average molecular weight is 264 g/mol. The van der Waals surface area contributed by atoms with E-state index in [2.05, 4.69) is 24.5 Å². The Morgan fingerprint density at radius 3 is 2.42 bits per heavy atom. The normalized spacial score (nSPS) is 11.2. The largest absolute Gasteiger partial charge is 0.396 e. The van der Waals surface area contributed by atoms with Gasteiger partial charge in [-0.25, -0.2) is 0 Å². The highest BCUT2D eigenvalue weighted by Crippen LogP contribution is 2.26. The number of amides is 1. The quantitative estimate of drug-likeness (QED) is 0.709. The number of carbonyl (C=O) groups excluding carboxylic acids is 1. The van der Waals surface area contributed by atoms with Crippen LogP contribution in [-0.4, -0.2) is 24.2 Å². The maximum atomic E-state index is 11.0. The minimum Gasteiger partial charge on any atom is -0.396 e. The molecule has 0 unspecified atom stereocenters. The number of aliphatic hydroxyl groups is 1. The van der Waals surface area contributed by atoms with E-state index in [9.17, 15) is 9.90 Å². The van der Waals surface area contributed by atoms with Crippen LogP contribution >= 0.6 is 0 Å². The summed E-state index contributed by atoms with van der Waals surface area (Å²) in [6.07, 6.45) is 1.86. The molecule has 1 aromatic carbocycles. The minimum atomic E-state index is -0.0797. The third-order valence-corrected chi connectivity index (χ3v) is 3.69. The summed E-state index contributed by atoms with van der Waals surface area (Å²) in [6, 6.07) is 7.60. The third-order valence-electron chi connectivity index (χ3n) is 3.69. The van der Waals surface area contributed by atoms with E-state index < -0.39 is 0 Å². The van der Waals surface area contributed by atoms with Crippen LogP contribution in [0.15, 0.2) is 24.3 Å². The standard InChI is InChI=1S/C15H24N2O2/c1-4-15(5-2,11-18)10-16-13-7-6-8-14(9-13)17-12(3)19/h6-9,16,18H,4-5,10-11H2,1-3H3,(H,17,19). The summed E-state index contributed by atoms with van der Waals surface area (Å²) in [5, 5.41) is 15.6. The molecule has 0 radical (unpaired) electrons. The van der Waals surface area contributed by atoms with E-state index in [4.69, 9.17) is 0 Å². The van der Waals surface area contributed by atoms with Crippen molar-refractivity contribution in [2.45, 2.75) is 33.6 Å². The van der Waals surface area contributed by atoms with Gasteiger partial charge in [0.2, 0.25) is 5.91 Å². The highest BCUT2D eigenvalue weighted by Gasteiger charge is 2.24. The number of rotatable bonds is 7. The molecule has 1 aromatic rings. The van der Waals surface area contributed by atoms with E-state index in [1.54, 1.807) is 0 Å². The van der Waals surface area contributed by atoms with Crippen LogP contribution in [0.2, 0.25) is 0 Å². The first-order valence-corrected chi connectivity index (χ1v) is 6.77. The lowest BCUT2D eigenvalue weighted by Crippen LogP contribution is -2.32. The van der Waals surface area contributed by atoms with Gasteiger partial charge in [-0.3, -0.25) is 4.79 Å². The smallest absolute Gasteiger partial charge is 0.221 e. The first-order chi connectivity index (χ1) is 9.05. The van der Waals surface area contributed by atoms with Crippen molar-refractivity contribution in [2.75, 3.05) is 23.8 Å². The fourth-order valence-corrected chi connectivity index (χ4v) is 1.98. The molecule has 0 saturated carbocycles.